The van der Waals surface area contributed by atoms with Gasteiger partial charge in [-0.25, -0.2) is 0 Å². The normalized spacial score (nSPS) is 10.3. The zero-order valence-electron chi connectivity index (χ0n) is 13.7. The van der Waals surface area contributed by atoms with E-state index < -0.39 is 0 Å². The molecule has 128 valence electrons. The summed E-state index contributed by atoms with van der Waals surface area (Å²) in [5.41, 5.74) is 2.05. The molecule has 2 N–H and O–H groups in total. The number of nitrogens with one attached hydrogen (secondary N) is 2. The predicted octanol–water partition coefficient (Wildman–Crippen LogP) is 3.93. The van der Waals surface area contributed by atoms with Gasteiger partial charge in [-0.3, -0.25) is 0 Å². The molecule has 0 saturated heterocycles. The maximum Gasteiger partial charge on any atom is 0.244 e. The molecule has 3 rings (SSSR count). The Morgan fingerprint density at radius 1 is 1.12 bits per heavy atom. The van der Waals surface area contributed by atoms with E-state index in [1.165, 1.54) is 5.56 Å². The van der Waals surface area contributed by atoms with Gasteiger partial charge in [0.05, 0.1) is 13.3 Å². The van der Waals surface area contributed by atoms with Crippen molar-refractivity contribution in [1.29, 1.82) is 0 Å². The van der Waals surface area contributed by atoms with Crippen molar-refractivity contribution < 1.29 is 4.74 Å². The Labute approximate surface area is 151 Å². The van der Waals surface area contributed by atoms with Crippen LogP contribution in [0.1, 0.15) is 5.56 Å². The van der Waals surface area contributed by atoms with Gasteiger partial charge in [-0.1, -0.05) is 29.8 Å². The van der Waals surface area contributed by atoms with Gasteiger partial charge < -0.3 is 15.4 Å². The number of anilines is 3. The first kappa shape index (κ1) is 17.0. The van der Waals surface area contributed by atoms with Crippen molar-refractivity contribution >= 4 is 29.1 Å². The van der Waals surface area contributed by atoms with Crippen LogP contribution in [0.25, 0.3) is 0 Å². The number of hydrogen-bond acceptors (Lipinski definition) is 6. The van der Waals surface area contributed by atoms with Crippen molar-refractivity contribution in [3.05, 3.63) is 65.3 Å². The Balaban J connectivity index is 1.56. The quantitative estimate of drug-likeness (QED) is 0.669. The summed E-state index contributed by atoms with van der Waals surface area (Å²) in [6, 6.07) is 15.4. The van der Waals surface area contributed by atoms with Gasteiger partial charge in [0, 0.05) is 17.3 Å². The number of nitrogens with zero attached hydrogens (tertiary/aromatic N) is 3. The SMILES string of the molecule is COc1ccc(CCNc2nncc(Nc3cccc(Cl)c3)n2)cc1. The van der Waals surface area contributed by atoms with Crippen molar-refractivity contribution in [2.75, 3.05) is 24.3 Å². The number of hydrogen-bond donors (Lipinski definition) is 2. The van der Waals surface area contributed by atoms with Crippen LogP contribution in [-0.4, -0.2) is 28.8 Å². The molecule has 0 unspecified atom stereocenters. The third-order valence-electron chi connectivity index (χ3n) is 3.51. The van der Waals surface area contributed by atoms with E-state index in [2.05, 4.69) is 25.8 Å². The van der Waals surface area contributed by atoms with Crippen LogP contribution in [0, 0.1) is 0 Å². The van der Waals surface area contributed by atoms with Crippen LogP contribution in [0.4, 0.5) is 17.5 Å². The van der Waals surface area contributed by atoms with E-state index in [1.54, 1.807) is 13.3 Å². The first-order chi connectivity index (χ1) is 12.2. The minimum Gasteiger partial charge on any atom is -0.497 e. The topological polar surface area (TPSA) is 72.0 Å². The molecule has 0 saturated carbocycles. The molecule has 7 heteroatoms. The van der Waals surface area contributed by atoms with Crippen molar-refractivity contribution in [2.45, 2.75) is 6.42 Å². The van der Waals surface area contributed by atoms with Crippen LogP contribution in [0.3, 0.4) is 0 Å². The van der Waals surface area contributed by atoms with E-state index >= 15 is 0 Å². The van der Waals surface area contributed by atoms with Crippen LogP contribution >= 0.6 is 11.6 Å². The largest absolute Gasteiger partial charge is 0.497 e. The van der Waals surface area contributed by atoms with E-state index in [0.29, 0.717) is 23.3 Å². The molecule has 3 aromatic rings. The Morgan fingerprint density at radius 2 is 1.96 bits per heavy atom. The van der Waals surface area contributed by atoms with Crippen LogP contribution in [0.15, 0.2) is 54.7 Å². The lowest BCUT2D eigenvalue weighted by atomic mass is 10.1. The summed E-state index contributed by atoms with van der Waals surface area (Å²) in [6.45, 7) is 0.703. The summed E-state index contributed by atoms with van der Waals surface area (Å²) < 4.78 is 5.15. The Morgan fingerprint density at radius 3 is 2.72 bits per heavy atom. The second kappa shape index (κ2) is 8.30. The van der Waals surface area contributed by atoms with E-state index in [0.717, 1.165) is 17.9 Å². The average molecular weight is 356 g/mol. The van der Waals surface area contributed by atoms with Crippen molar-refractivity contribution in [3.63, 3.8) is 0 Å². The number of aromatic nitrogens is 3. The molecule has 6 nitrogen and oxygen atoms in total. The molecule has 0 amide bonds. The van der Waals surface area contributed by atoms with E-state index in [4.69, 9.17) is 16.3 Å². The monoisotopic (exact) mass is 355 g/mol. The molecule has 25 heavy (non-hydrogen) atoms. The summed E-state index contributed by atoms with van der Waals surface area (Å²) in [5, 5.41) is 15.0. The lowest BCUT2D eigenvalue weighted by Gasteiger charge is -2.08. The van der Waals surface area contributed by atoms with Gasteiger partial charge in [-0.2, -0.15) is 10.1 Å². The van der Waals surface area contributed by atoms with E-state index in [1.807, 2.05) is 48.5 Å². The van der Waals surface area contributed by atoms with Crippen LogP contribution < -0.4 is 15.4 Å². The Hall–Kier alpha value is -2.86. The minimum absolute atomic E-state index is 0.473. The molecule has 0 bridgehead atoms. The van der Waals surface area contributed by atoms with Gasteiger partial charge in [0.2, 0.25) is 5.95 Å². The average Bonchev–Trinajstić information content (AvgIpc) is 2.63. The van der Waals surface area contributed by atoms with Crippen molar-refractivity contribution in [3.8, 4) is 5.75 Å². The first-order valence-electron chi connectivity index (χ1n) is 7.82. The fourth-order valence-electron chi connectivity index (χ4n) is 2.26. The summed E-state index contributed by atoms with van der Waals surface area (Å²) in [7, 11) is 1.66. The van der Waals surface area contributed by atoms with Crippen molar-refractivity contribution in [1.82, 2.24) is 15.2 Å². The summed E-state index contributed by atoms with van der Waals surface area (Å²) in [4.78, 5) is 4.40. The second-order valence-electron chi connectivity index (χ2n) is 5.33. The van der Waals surface area contributed by atoms with Gasteiger partial charge in [-0.05, 0) is 42.3 Å². The Bertz CT molecular complexity index is 826. The molecule has 0 aliphatic heterocycles. The number of methoxy groups -OCH3 is 1. The first-order valence-corrected chi connectivity index (χ1v) is 8.20. The number of halogens is 1. The fraction of sp³-hybridized carbons (Fsp3) is 0.167. The number of ether oxygens (including phenoxy) is 1. The number of benzene rings is 2. The van der Waals surface area contributed by atoms with Crippen molar-refractivity contribution in [2.24, 2.45) is 0 Å². The van der Waals surface area contributed by atoms with Gasteiger partial charge >= 0.3 is 0 Å². The molecular weight excluding hydrogens is 338 g/mol. The van der Waals surface area contributed by atoms with Gasteiger partial charge in [0.15, 0.2) is 5.82 Å². The molecule has 0 atom stereocenters. The zero-order valence-corrected chi connectivity index (χ0v) is 14.5. The predicted molar refractivity (Wildman–Crippen MR) is 99.7 cm³/mol. The van der Waals surface area contributed by atoms with Crippen LogP contribution in [0.2, 0.25) is 5.02 Å². The van der Waals surface area contributed by atoms with E-state index in [-0.39, 0.29) is 0 Å². The molecule has 1 heterocycles. The smallest absolute Gasteiger partial charge is 0.244 e. The lowest BCUT2D eigenvalue weighted by molar-refractivity contribution is 0.414. The Kier molecular flexibility index (Phi) is 5.64. The van der Waals surface area contributed by atoms with Gasteiger partial charge in [-0.15, -0.1) is 5.10 Å². The molecule has 0 aliphatic carbocycles. The third kappa shape index (κ3) is 5.06. The molecule has 1 aromatic heterocycles. The highest BCUT2D eigenvalue weighted by molar-refractivity contribution is 6.30. The molecule has 2 aromatic carbocycles. The summed E-state index contributed by atoms with van der Waals surface area (Å²) in [6.07, 6.45) is 2.41. The molecule has 0 radical (unpaired) electrons. The summed E-state index contributed by atoms with van der Waals surface area (Å²) in [5.74, 6) is 1.92. The van der Waals surface area contributed by atoms with Gasteiger partial charge in [0.25, 0.3) is 0 Å². The molecule has 0 spiro atoms. The highest BCUT2D eigenvalue weighted by atomic mass is 35.5. The maximum absolute atomic E-state index is 5.98. The lowest BCUT2D eigenvalue weighted by Crippen LogP contribution is -2.09. The highest BCUT2D eigenvalue weighted by Crippen LogP contribution is 2.18. The van der Waals surface area contributed by atoms with Crippen LogP contribution in [-0.2, 0) is 6.42 Å². The standard InChI is InChI=1S/C18H18ClN5O/c1-25-16-7-5-13(6-8-16)9-10-20-18-23-17(12-21-24-18)22-15-4-2-3-14(19)11-15/h2-8,11-12H,9-10H2,1H3,(H2,20,22,23,24). The zero-order chi connectivity index (χ0) is 17.5. The molecule has 0 aliphatic rings. The molecule has 0 fully saturated rings. The van der Waals surface area contributed by atoms with Gasteiger partial charge in [0.1, 0.15) is 5.75 Å². The second-order valence-corrected chi connectivity index (χ2v) is 5.76. The highest BCUT2D eigenvalue weighted by Gasteiger charge is 2.02. The number of rotatable bonds is 7. The maximum atomic E-state index is 5.98. The minimum atomic E-state index is 0.473. The third-order valence-corrected chi connectivity index (χ3v) is 3.75. The van der Waals surface area contributed by atoms with Crippen LogP contribution in [0.5, 0.6) is 5.75 Å². The fourth-order valence-corrected chi connectivity index (χ4v) is 2.45. The summed E-state index contributed by atoms with van der Waals surface area (Å²) >= 11 is 5.98. The van der Waals surface area contributed by atoms with E-state index in [9.17, 15) is 0 Å². The molecular formula is C18H18ClN5O.